The van der Waals surface area contributed by atoms with Gasteiger partial charge < -0.3 is 0 Å². The van der Waals surface area contributed by atoms with Gasteiger partial charge in [0.05, 0.1) is 11.7 Å². The molecule has 1 heterocycles. The summed E-state index contributed by atoms with van der Waals surface area (Å²) in [7, 11) is 0. The molecule has 1 aromatic heterocycles. The SMILES string of the molecule is CC1CC(C)CC(C(NN)c2ncc(Br)cc2Br)C1. The van der Waals surface area contributed by atoms with Crippen LogP contribution in [0.25, 0.3) is 0 Å². The second kappa shape index (κ2) is 6.66. The molecule has 3 nitrogen and oxygen atoms in total. The molecule has 106 valence electrons. The largest absolute Gasteiger partial charge is 0.271 e. The molecule has 0 spiro atoms. The average molecular weight is 391 g/mol. The number of nitrogens with zero attached hydrogens (tertiary/aromatic N) is 1. The van der Waals surface area contributed by atoms with Crippen molar-refractivity contribution in [2.75, 3.05) is 0 Å². The summed E-state index contributed by atoms with van der Waals surface area (Å²) < 4.78 is 1.99. The highest BCUT2D eigenvalue weighted by Crippen LogP contribution is 2.40. The molecule has 5 heteroatoms. The summed E-state index contributed by atoms with van der Waals surface area (Å²) in [5.41, 5.74) is 3.99. The van der Waals surface area contributed by atoms with Gasteiger partial charge in [0.1, 0.15) is 0 Å². The highest BCUT2D eigenvalue weighted by Gasteiger charge is 2.32. The predicted molar refractivity (Wildman–Crippen MR) is 85.4 cm³/mol. The van der Waals surface area contributed by atoms with E-state index in [4.69, 9.17) is 5.84 Å². The van der Waals surface area contributed by atoms with Crippen LogP contribution < -0.4 is 11.3 Å². The predicted octanol–water partition coefficient (Wildman–Crippen LogP) is 4.18. The zero-order chi connectivity index (χ0) is 14.0. The smallest absolute Gasteiger partial charge is 0.0732 e. The van der Waals surface area contributed by atoms with Gasteiger partial charge >= 0.3 is 0 Å². The molecule has 2 rings (SSSR count). The van der Waals surface area contributed by atoms with Crippen molar-refractivity contribution >= 4 is 31.9 Å². The molecular formula is C14H21Br2N3. The maximum absolute atomic E-state index is 5.81. The number of nitrogens with one attached hydrogen (secondary N) is 1. The third kappa shape index (κ3) is 3.78. The number of hydrogen-bond acceptors (Lipinski definition) is 3. The molecule has 1 aliphatic carbocycles. The second-order valence-electron chi connectivity index (χ2n) is 5.84. The van der Waals surface area contributed by atoms with Crippen molar-refractivity contribution in [2.45, 2.75) is 39.2 Å². The van der Waals surface area contributed by atoms with Gasteiger partial charge in [-0.15, -0.1) is 0 Å². The van der Waals surface area contributed by atoms with Crippen LogP contribution in [0.1, 0.15) is 44.8 Å². The summed E-state index contributed by atoms with van der Waals surface area (Å²) in [4.78, 5) is 4.54. The van der Waals surface area contributed by atoms with E-state index in [1.54, 1.807) is 0 Å². The van der Waals surface area contributed by atoms with Gasteiger partial charge in [-0.25, -0.2) is 0 Å². The zero-order valence-electron chi connectivity index (χ0n) is 11.4. The molecule has 19 heavy (non-hydrogen) atoms. The number of pyridine rings is 1. The molecule has 0 aromatic carbocycles. The summed E-state index contributed by atoms with van der Waals surface area (Å²) in [6, 6.07) is 2.15. The summed E-state index contributed by atoms with van der Waals surface area (Å²) in [5, 5.41) is 0. The van der Waals surface area contributed by atoms with Crippen molar-refractivity contribution < 1.29 is 0 Å². The quantitative estimate of drug-likeness (QED) is 0.601. The fourth-order valence-electron chi connectivity index (χ4n) is 3.37. The second-order valence-corrected chi connectivity index (χ2v) is 7.61. The first-order valence-electron chi connectivity index (χ1n) is 6.78. The van der Waals surface area contributed by atoms with Crippen molar-refractivity contribution in [1.29, 1.82) is 0 Å². The molecule has 1 saturated carbocycles. The Balaban J connectivity index is 2.23. The fourth-order valence-corrected chi connectivity index (χ4v) is 4.61. The number of halogens is 2. The van der Waals surface area contributed by atoms with Crippen LogP contribution in [-0.4, -0.2) is 4.98 Å². The maximum atomic E-state index is 5.81. The summed E-state index contributed by atoms with van der Waals surface area (Å²) in [5.74, 6) is 7.89. The lowest BCUT2D eigenvalue weighted by molar-refractivity contribution is 0.174. The van der Waals surface area contributed by atoms with E-state index in [0.29, 0.717) is 5.92 Å². The van der Waals surface area contributed by atoms with Gasteiger partial charge in [0.2, 0.25) is 0 Å². The van der Waals surface area contributed by atoms with Crippen LogP contribution in [0.15, 0.2) is 21.2 Å². The van der Waals surface area contributed by atoms with Crippen LogP contribution >= 0.6 is 31.9 Å². The van der Waals surface area contributed by atoms with E-state index in [0.717, 1.165) is 26.5 Å². The van der Waals surface area contributed by atoms with E-state index in [-0.39, 0.29) is 6.04 Å². The number of aromatic nitrogens is 1. The molecule has 3 N–H and O–H groups in total. The maximum Gasteiger partial charge on any atom is 0.0732 e. The van der Waals surface area contributed by atoms with Crippen molar-refractivity contribution in [3.63, 3.8) is 0 Å². The minimum absolute atomic E-state index is 0.118. The van der Waals surface area contributed by atoms with E-state index < -0.39 is 0 Å². The molecule has 0 aliphatic heterocycles. The number of nitrogens with two attached hydrogens (primary N) is 1. The molecule has 0 amide bonds. The van der Waals surface area contributed by atoms with Crippen molar-refractivity contribution in [3.05, 3.63) is 26.9 Å². The van der Waals surface area contributed by atoms with E-state index in [1.165, 1.54) is 19.3 Å². The van der Waals surface area contributed by atoms with Crippen molar-refractivity contribution in [2.24, 2.45) is 23.6 Å². The van der Waals surface area contributed by atoms with Gasteiger partial charge in [-0.2, -0.15) is 0 Å². The Labute approximate surface area is 132 Å². The zero-order valence-corrected chi connectivity index (χ0v) is 14.5. The van der Waals surface area contributed by atoms with E-state index in [2.05, 4.69) is 56.1 Å². The average Bonchev–Trinajstić information content (AvgIpc) is 2.31. The van der Waals surface area contributed by atoms with Gasteiger partial charge in [0, 0.05) is 15.1 Å². The fraction of sp³-hybridized carbons (Fsp3) is 0.643. The third-order valence-corrected chi connectivity index (χ3v) is 5.07. The minimum atomic E-state index is 0.118. The van der Waals surface area contributed by atoms with Crippen molar-refractivity contribution in [3.8, 4) is 0 Å². The molecule has 1 fully saturated rings. The Morgan fingerprint density at radius 3 is 2.42 bits per heavy atom. The van der Waals surface area contributed by atoms with Gasteiger partial charge in [-0.3, -0.25) is 16.3 Å². The van der Waals surface area contributed by atoms with Crippen LogP contribution in [0, 0.1) is 17.8 Å². The first-order valence-corrected chi connectivity index (χ1v) is 8.37. The highest BCUT2D eigenvalue weighted by molar-refractivity contribution is 9.11. The Bertz CT molecular complexity index is 429. The van der Waals surface area contributed by atoms with Gasteiger partial charge in [0.15, 0.2) is 0 Å². The number of hydrogen-bond donors (Lipinski definition) is 2. The highest BCUT2D eigenvalue weighted by atomic mass is 79.9. The molecule has 0 radical (unpaired) electrons. The Morgan fingerprint density at radius 2 is 1.89 bits per heavy atom. The normalized spacial score (nSPS) is 29.2. The first-order chi connectivity index (χ1) is 9.01. The molecule has 3 unspecified atom stereocenters. The Hall–Kier alpha value is 0.0300. The van der Waals surface area contributed by atoms with E-state index in [9.17, 15) is 0 Å². The van der Waals surface area contributed by atoms with Crippen LogP contribution in [0.4, 0.5) is 0 Å². The van der Waals surface area contributed by atoms with E-state index >= 15 is 0 Å². The topological polar surface area (TPSA) is 50.9 Å². The van der Waals surface area contributed by atoms with Crippen LogP contribution in [0.3, 0.4) is 0 Å². The lowest BCUT2D eigenvalue weighted by atomic mass is 9.73. The minimum Gasteiger partial charge on any atom is -0.271 e. The summed E-state index contributed by atoms with van der Waals surface area (Å²) in [6.45, 7) is 4.67. The molecule has 0 bridgehead atoms. The van der Waals surface area contributed by atoms with E-state index in [1.807, 2.05) is 12.3 Å². The van der Waals surface area contributed by atoms with Crippen LogP contribution in [-0.2, 0) is 0 Å². The van der Waals surface area contributed by atoms with Gasteiger partial charge in [0.25, 0.3) is 0 Å². The molecule has 1 aliphatic rings. The monoisotopic (exact) mass is 389 g/mol. The molecule has 0 saturated heterocycles. The van der Waals surface area contributed by atoms with Gasteiger partial charge in [-0.05, 0) is 74.9 Å². The molecular weight excluding hydrogens is 370 g/mol. The lowest BCUT2D eigenvalue weighted by Gasteiger charge is -2.36. The summed E-state index contributed by atoms with van der Waals surface area (Å²) in [6.07, 6.45) is 5.58. The Morgan fingerprint density at radius 1 is 1.26 bits per heavy atom. The summed E-state index contributed by atoms with van der Waals surface area (Å²) >= 11 is 7.04. The lowest BCUT2D eigenvalue weighted by Crippen LogP contribution is -2.37. The Kier molecular flexibility index (Phi) is 5.40. The number of rotatable bonds is 3. The van der Waals surface area contributed by atoms with Crippen LogP contribution in [0.2, 0.25) is 0 Å². The molecule has 3 atom stereocenters. The number of hydrazine groups is 1. The van der Waals surface area contributed by atoms with Gasteiger partial charge in [-0.1, -0.05) is 13.8 Å². The standard InChI is InChI=1S/C14H21Br2N3/c1-8-3-9(2)5-10(4-8)13(19-17)14-12(16)6-11(15)7-18-14/h6-10,13,19H,3-5,17H2,1-2H3. The van der Waals surface area contributed by atoms with Crippen LogP contribution in [0.5, 0.6) is 0 Å². The first kappa shape index (κ1) is 15.4. The molecule has 1 aromatic rings. The third-order valence-electron chi connectivity index (χ3n) is 4.00. The van der Waals surface area contributed by atoms with Crippen molar-refractivity contribution in [1.82, 2.24) is 10.4 Å².